The minimum atomic E-state index is -1.88. The molecule has 0 bridgehead atoms. The zero-order valence-corrected chi connectivity index (χ0v) is 8.44. The molecule has 0 amide bonds. The Kier molecular flexibility index (Phi) is 3.80. The highest BCUT2D eigenvalue weighted by molar-refractivity contribution is 5.89. The van der Waals surface area contributed by atoms with Crippen LogP contribution in [0, 0.1) is 0 Å². The van der Waals surface area contributed by atoms with Gasteiger partial charge in [0.25, 0.3) is 0 Å². The zero-order valence-electron chi connectivity index (χ0n) is 8.44. The predicted octanol–water partition coefficient (Wildman–Crippen LogP) is 1.56. The second kappa shape index (κ2) is 4.89. The fourth-order valence-electron chi connectivity index (χ4n) is 0.919. The molecule has 0 spiro atoms. The van der Waals surface area contributed by atoms with E-state index in [0.717, 1.165) is 0 Å². The molecule has 1 aromatic carbocycles. The quantitative estimate of drug-likeness (QED) is 0.770. The lowest BCUT2D eigenvalue weighted by molar-refractivity contribution is -0.000671. The van der Waals surface area contributed by atoms with Crippen molar-refractivity contribution in [1.29, 1.82) is 0 Å². The topological polar surface area (TPSA) is 46.5 Å². The summed E-state index contributed by atoms with van der Waals surface area (Å²) < 4.78 is 17.9. The summed E-state index contributed by atoms with van der Waals surface area (Å²) in [4.78, 5) is 11.3. The highest BCUT2D eigenvalue weighted by Crippen LogP contribution is 2.10. The van der Waals surface area contributed by atoms with E-state index in [2.05, 4.69) is 0 Å². The van der Waals surface area contributed by atoms with Gasteiger partial charge in [-0.05, 0) is 19.1 Å². The Hall–Kier alpha value is -1.42. The van der Waals surface area contributed by atoms with Gasteiger partial charge in [-0.25, -0.2) is 9.18 Å². The van der Waals surface area contributed by atoms with E-state index in [0.29, 0.717) is 5.56 Å². The summed E-state index contributed by atoms with van der Waals surface area (Å²) in [5.74, 6) is -0.590. The number of hydrogen-bond acceptors (Lipinski definition) is 3. The molecule has 0 unspecified atom stereocenters. The first-order valence-corrected chi connectivity index (χ1v) is 4.57. The van der Waals surface area contributed by atoms with E-state index in [1.54, 1.807) is 30.3 Å². The molecule has 1 N–H and O–H groups in total. The van der Waals surface area contributed by atoms with Crippen LogP contribution >= 0.6 is 0 Å². The van der Waals surface area contributed by atoms with Crippen molar-refractivity contribution >= 4 is 5.97 Å². The first-order chi connectivity index (χ1) is 7.05. The van der Waals surface area contributed by atoms with E-state index >= 15 is 0 Å². The lowest BCUT2D eigenvalue weighted by Crippen LogP contribution is -2.31. The van der Waals surface area contributed by atoms with Gasteiger partial charge in [-0.3, -0.25) is 0 Å². The summed E-state index contributed by atoms with van der Waals surface area (Å²) in [5.41, 5.74) is -1.52. The minimum absolute atomic E-state index is 0.367. The monoisotopic (exact) mass is 212 g/mol. The van der Waals surface area contributed by atoms with Gasteiger partial charge in [-0.1, -0.05) is 18.2 Å². The molecule has 15 heavy (non-hydrogen) atoms. The van der Waals surface area contributed by atoms with E-state index in [-0.39, 0.29) is 0 Å². The van der Waals surface area contributed by atoms with Crippen molar-refractivity contribution < 1.29 is 19.0 Å². The number of carbonyl (C=O) groups is 1. The first kappa shape index (κ1) is 11.7. The predicted molar refractivity (Wildman–Crippen MR) is 53.3 cm³/mol. The maximum Gasteiger partial charge on any atom is 0.338 e. The van der Waals surface area contributed by atoms with Crippen molar-refractivity contribution in [3.63, 3.8) is 0 Å². The van der Waals surface area contributed by atoms with Crippen molar-refractivity contribution in [3.8, 4) is 0 Å². The van der Waals surface area contributed by atoms with Crippen molar-refractivity contribution in [3.05, 3.63) is 35.9 Å². The van der Waals surface area contributed by atoms with Gasteiger partial charge >= 0.3 is 5.97 Å². The third kappa shape index (κ3) is 3.67. The number of hydrogen-bond donors (Lipinski definition) is 1. The number of esters is 1. The van der Waals surface area contributed by atoms with Crippen molar-refractivity contribution in [2.75, 3.05) is 13.2 Å². The van der Waals surface area contributed by atoms with Crippen LogP contribution in [0.3, 0.4) is 0 Å². The molecule has 1 rings (SSSR count). The molecule has 0 aliphatic rings. The lowest BCUT2D eigenvalue weighted by Gasteiger charge is -2.16. The molecule has 0 aliphatic carbocycles. The molecule has 1 aromatic rings. The molecule has 0 radical (unpaired) electrons. The molecule has 82 valence electrons. The van der Waals surface area contributed by atoms with Crippen LogP contribution in [0.1, 0.15) is 17.3 Å². The van der Waals surface area contributed by atoms with Crippen LogP contribution in [0.2, 0.25) is 0 Å². The second-order valence-corrected chi connectivity index (χ2v) is 3.51. The summed E-state index contributed by atoms with van der Waals surface area (Å²) in [5, 5.41) is 8.61. The molecular formula is C11H13FO3. The third-order valence-corrected chi connectivity index (χ3v) is 1.84. The number of carbonyl (C=O) groups excluding carboxylic acids is 1. The van der Waals surface area contributed by atoms with Crippen molar-refractivity contribution in [1.82, 2.24) is 0 Å². The van der Waals surface area contributed by atoms with Gasteiger partial charge in [0, 0.05) is 0 Å². The molecule has 0 aromatic heterocycles. The van der Waals surface area contributed by atoms with Crippen LogP contribution in [0.4, 0.5) is 4.39 Å². The fraction of sp³-hybridized carbons (Fsp3) is 0.364. The number of halogens is 1. The van der Waals surface area contributed by atoms with Crippen molar-refractivity contribution in [2.45, 2.75) is 12.6 Å². The molecule has 0 heterocycles. The second-order valence-electron chi connectivity index (χ2n) is 3.51. The maximum absolute atomic E-state index is 13.2. The Morgan fingerprint density at radius 1 is 1.47 bits per heavy atom. The van der Waals surface area contributed by atoms with Gasteiger partial charge in [0.05, 0.1) is 12.2 Å². The zero-order chi connectivity index (χ0) is 11.3. The molecular weight excluding hydrogens is 199 g/mol. The Morgan fingerprint density at radius 3 is 2.60 bits per heavy atom. The van der Waals surface area contributed by atoms with Gasteiger partial charge < -0.3 is 9.84 Å². The standard InChI is InChI=1S/C11H13FO3/c1-11(12,7-13)8-15-10(14)9-5-3-2-4-6-9/h2-6,13H,7-8H2,1H3/t11-/m0/s1. The summed E-state index contributed by atoms with van der Waals surface area (Å²) >= 11 is 0. The summed E-state index contributed by atoms with van der Waals surface area (Å²) in [7, 11) is 0. The number of alkyl halides is 1. The summed E-state index contributed by atoms with van der Waals surface area (Å²) in [6.45, 7) is 0.0531. The van der Waals surface area contributed by atoms with Crippen molar-refractivity contribution in [2.24, 2.45) is 0 Å². The Balaban J connectivity index is 2.51. The van der Waals surface area contributed by atoms with Gasteiger partial charge in [0.1, 0.15) is 6.61 Å². The average molecular weight is 212 g/mol. The summed E-state index contributed by atoms with van der Waals surface area (Å²) in [6.07, 6.45) is 0. The Morgan fingerprint density at radius 2 is 2.07 bits per heavy atom. The van der Waals surface area contributed by atoms with E-state index in [1.807, 2.05) is 0 Å². The van der Waals surface area contributed by atoms with Crippen LogP contribution < -0.4 is 0 Å². The van der Waals surface area contributed by atoms with E-state index in [4.69, 9.17) is 9.84 Å². The van der Waals surface area contributed by atoms with Gasteiger partial charge in [0.15, 0.2) is 5.67 Å². The lowest BCUT2D eigenvalue weighted by atomic mass is 10.2. The highest BCUT2D eigenvalue weighted by Gasteiger charge is 2.24. The molecule has 0 saturated heterocycles. The molecule has 0 aliphatic heterocycles. The van der Waals surface area contributed by atoms with E-state index in [9.17, 15) is 9.18 Å². The number of benzene rings is 1. The average Bonchev–Trinajstić information content (AvgIpc) is 2.27. The van der Waals surface area contributed by atoms with Gasteiger partial charge in [0.2, 0.25) is 0 Å². The van der Waals surface area contributed by atoms with Gasteiger partial charge in [-0.2, -0.15) is 0 Å². The first-order valence-electron chi connectivity index (χ1n) is 4.57. The van der Waals surface area contributed by atoms with Crippen LogP contribution in [0.5, 0.6) is 0 Å². The SMILES string of the molecule is C[C@](F)(CO)COC(=O)c1ccccc1. The number of aliphatic hydroxyl groups excluding tert-OH is 1. The van der Waals surface area contributed by atoms with E-state index in [1.165, 1.54) is 6.92 Å². The van der Waals surface area contributed by atoms with E-state index < -0.39 is 24.9 Å². The van der Waals surface area contributed by atoms with Gasteiger partial charge in [-0.15, -0.1) is 0 Å². The maximum atomic E-state index is 13.2. The molecule has 0 saturated carbocycles. The molecule has 0 fully saturated rings. The number of rotatable bonds is 4. The Bertz CT molecular complexity index is 322. The van der Waals surface area contributed by atoms with Crippen LogP contribution in [-0.2, 0) is 4.74 Å². The smallest absolute Gasteiger partial charge is 0.338 e. The molecule has 4 heteroatoms. The summed E-state index contributed by atoms with van der Waals surface area (Å²) in [6, 6.07) is 8.31. The Labute approximate surface area is 87.5 Å². The third-order valence-electron chi connectivity index (χ3n) is 1.84. The fourth-order valence-corrected chi connectivity index (χ4v) is 0.919. The minimum Gasteiger partial charge on any atom is -0.459 e. The number of ether oxygens (including phenoxy) is 1. The number of aliphatic hydroxyl groups is 1. The van der Waals surface area contributed by atoms with Crippen LogP contribution in [0.15, 0.2) is 30.3 Å². The largest absolute Gasteiger partial charge is 0.459 e. The van der Waals surface area contributed by atoms with Crippen LogP contribution in [-0.4, -0.2) is 30.0 Å². The highest BCUT2D eigenvalue weighted by atomic mass is 19.1. The molecule has 3 nitrogen and oxygen atoms in total. The molecule has 1 atom stereocenters. The normalized spacial score (nSPS) is 14.3. The van der Waals surface area contributed by atoms with Crippen LogP contribution in [0.25, 0.3) is 0 Å².